The third-order valence-corrected chi connectivity index (χ3v) is 2.90. The highest BCUT2D eigenvalue weighted by Crippen LogP contribution is 2.17. The van der Waals surface area contributed by atoms with Crippen LogP contribution in [-0.4, -0.2) is 34.8 Å². The first-order valence-corrected chi connectivity index (χ1v) is 5.55. The summed E-state index contributed by atoms with van der Waals surface area (Å²) in [5.74, 6) is 0.207. The van der Waals surface area contributed by atoms with Crippen molar-refractivity contribution in [1.82, 2.24) is 9.88 Å². The predicted octanol–water partition coefficient (Wildman–Crippen LogP) is 1.01. The fraction of sp³-hybridized carbons (Fsp3) is 0.300. The van der Waals surface area contributed by atoms with Crippen molar-refractivity contribution in [2.75, 3.05) is 12.4 Å². The number of likely N-dealkylation sites (tertiary alicyclic amines) is 1. The minimum absolute atomic E-state index is 0.167. The van der Waals surface area contributed by atoms with Crippen molar-refractivity contribution >= 4 is 33.6 Å². The Morgan fingerprint density at radius 1 is 1.50 bits per heavy atom. The Hall–Kier alpha value is -1.43. The summed E-state index contributed by atoms with van der Waals surface area (Å²) < 4.78 is 0.865. The molecule has 0 saturated carbocycles. The van der Waals surface area contributed by atoms with Crippen LogP contribution in [0.25, 0.3) is 0 Å². The molecule has 1 atom stereocenters. The Labute approximate surface area is 101 Å². The second-order valence-corrected chi connectivity index (χ2v) is 4.47. The first-order valence-electron chi connectivity index (χ1n) is 4.76. The van der Waals surface area contributed by atoms with Gasteiger partial charge in [0, 0.05) is 17.7 Å². The fourth-order valence-electron chi connectivity index (χ4n) is 1.51. The van der Waals surface area contributed by atoms with E-state index in [0.717, 1.165) is 9.37 Å². The van der Waals surface area contributed by atoms with Gasteiger partial charge >= 0.3 is 0 Å². The quantitative estimate of drug-likeness (QED) is 0.823. The van der Waals surface area contributed by atoms with Crippen LogP contribution in [0.15, 0.2) is 22.8 Å². The molecule has 0 aliphatic carbocycles. The maximum atomic E-state index is 11.6. The Kier molecular flexibility index (Phi) is 2.91. The molecule has 1 unspecified atom stereocenters. The molecule has 0 bridgehead atoms. The molecule has 1 aromatic heterocycles. The van der Waals surface area contributed by atoms with E-state index < -0.39 is 6.04 Å². The van der Waals surface area contributed by atoms with E-state index in [9.17, 15) is 9.59 Å². The summed E-state index contributed by atoms with van der Waals surface area (Å²) in [4.78, 5) is 28.1. The number of carbonyl (C=O) groups is 2. The van der Waals surface area contributed by atoms with Gasteiger partial charge in [0.2, 0.25) is 5.91 Å². The number of hydrogen-bond acceptors (Lipinski definition) is 4. The fourth-order valence-corrected chi connectivity index (χ4v) is 1.74. The van der Waals surface area contributed by atoms with Gasteiger partial charge in [-0.1, -0.05) is 0 Å². The van der Waals surface area contributed by atoms with Gasteiger partial charge < -0.3 is 5.32 Å². The average Bonchev–Trinajstić information content (AvgIpc) is 2.50. The van der Waals surface area contributed by atoms with E-state index in [1.54, 1.807) is 12.3 Å². The van der Waals surface area contributed by atoms with Crippen LogP contribution in [0, 0.1) is 0 Å². The topological polar surface area (TPSA) is 62.3 Å². The minimum Gasteiger partial charge on any atom is -0.358 e. The number of halogens is 1. The number of nitrogens with zero attached hydrogens (tertiary/aromatic N) is 2. The second-order valence-electron chi connectivity index (χ2n) is 3.55. The maximum Gasteiger partial charge on any atom is 0.251 e. The van der Waals surface area contributed by atoms with Gasteiger partial charge in [0.15, 0.2) is 0 Å². The number of aromatic nitrogens is 1. The van der Waals surface area contributed by atoms with Crippen molar-refractivity contribution < 1.29 is 9.59 Å². The molecule has 1 saturated heterocycles. The number of likely N-dealkylation sites (N-methyl/N-ethyl adjacent to an activating group) is 1. The van der Waals surface area contributed by atoms with Gasteiger partial charge in [0.05, 0.1) is 6.42 Å². The number of imide groups is 1. The van der Waals surface area contributed by atoms with E-state index in [0.29, 0.717) is 5.82 Å². The zero-order chi connectivity index (χ0) is 11.7. The summed E-state index contributed by atoms with van der Waals surface area (Å²) >= 11 is 3.27. The third kappa shape index (κ3) is 2.06. The van der Waals surface area contributed by atoms with Gasteiger partial charge in [-0.25, -0.2) is 4.98 Å². The zero-order valence-corrected chi connectivity index (χ0v) is 10.2. The number of anilines is 1. The van der Waals surface area contributed by atoms with E-state index in [1.165, 1.54) is 7.05 Å². The molecular formula is C10H10BrN3O2. The molecule has 1 aromatic rings. The zero-order valence-electron chi connectivity index (χ0n) is 8.61. The number of hydrogen-bond donors (Lipinski definition) is 1. The first kappa shape index (κ1) is 11.1. The lowest BCUT2D eigenvalue weighted by Gasteiger charge is -2.11. The Balaban J connectivity index is 2.09. The average molecular weight is 284 g/mol. The third-order valence-electron chi connectivity index (χ3n) is 2.43. The summed E-state index contributed by atoms with van der Waals surface area (Å²) in [5, 5.41) is 2.93. The summed E-state index contributed by atoms with van der Waals surface area (Å²) in [5.41, 5.74) is 0. The molecule has 1 fully saturated rings. The van der Waals surface area contributed by atoms with Crippen LogP contribution in [0.5, 0.6) is 0 Å². The van der Waals surface area contributed by atoms with Gasteiger partial charge in [-0.2, -0.15) is 0 Å². The molecule has 0 spiro atoms. The lowest BCUT2D eigenvalue weighted by molar-refractivity contribution is -0.136. The van der Waals surface area contributed by atoms with Crippen LogP contribution in [0.3, 0.4) is 0 Å². The summed E-state index contributed by atoms with van der Waals surface area (Å²) in [6, 6.07) is 3.08. The minimum atomic E-state index is -0.494. The first-order chi connectivity index (χ1) is 7.58. The standard InChI is InChI=1S/C10H10BrN3O2/c1-14-9(15)4-7(10(14)16)13-8-3-2-6(11)5-12-8/h2-3,5,7H,4H2,1H3,(H,12,13). The SMILES string of the molecule is CN1C(=O)CC(Nc2ccc(Br)cn2)C1=O. The largest absolute Gasteiger partial charge is 0.358 e. The van der Waals surface area contributed by atoms with Gasteiger partial charge in [-0.05, 0) is 28.1 Å². The molecule has 84 valence electrons. The Morgan fingerprint density at radius 3 is 2.75 bits per heavy atom. The Morgan fingerprint density at radius 2 is 2.25 bits per heavy atom. The Bertz CT molecular complexity index is 432. The van der Waals surface area contributed by atoms with E-state index in [2.05, 4.69) is 26.2 Å². The molecule has 5 nitrogen and oxygen atoms in total. The van der Waals surface area contributed by atoms with E-state index >= 15 is 0 Å². The normalized spacial score (nSPS) is 20.4. The van der Waals surface area contributed by atoms with Crippen molar-refractivity contribution in [1.29, 1.82) is 0 Å². The molecule has 1 N–H and O–H groups in total. The van der Waals surface area contributed by atoms with Gasteiger partial charge in [0.1, 0.15) is 11.9 Å². The lowest BCUT2D eigenvalue weighted by Crippen LogP contribution is -2.31. The number of carbonyl (C=O) groups excluding carboxylic acids is 2. The van der Waals surface area contributed by atoms with Crippen molar-refractivity contribution in [2.24, 2.45) is 0 Å². The van der Waals surface area contributed by atoms with Crippen LogP contribution >= 0.6 is 15.9 Å². The van der Waals surface area contributed by atoms with Crippen LogP contribution in [0.4, 0.5) is 5.82 Å². The molecule has 2 heterocycles. The van der Waals surface area contributed by atoms with Crippen molar-refractivity contribution in [2.45, 2.75) is 12.5 Å². The molecule has 2 rings (SSSR count). The number of amides is 2. The van der Waals surface area contributed by atoms with Crippen LogP contribution in [0.2, 0.25) is 0 Å². The smallest absolute Gasteiger partial charge is 0.251 e. The highest BCUT2D eigenvalue weighted by molar-refractivity contribution is 9.10. The predicted molar refractivity (Wildman–Crippen MR) is 61.7 cm³/mol. The second kappa shape index (κ2) is 4.21. The van der Waals surface area contributed by atoms with Gasteiger partial charge in [0.25, 0.3) is 5.91 Å². The molecule has 0 radical (unpaired) electrons. The lowest BCUT2D eigenvalue weighted by atomic mass is 10.2. The van der Waals surface area contributed by atoms with Crippen molar-refractivity contribution in [3.8, 4) is 0 Å². The van der Waals surface area contributed by atoms with Crippen molar-refractivity contribution in [3.63, 3.8) is 0 Å². The van der Waals surface area contributed by atoms with Crippen LogP contribution in [-0.2, 0) is 9.59 Å². The number of nitrogens with one attached hydrogen (secondary N) is 1. The molecule has 1 aliphatic rings. The molecule has 6 heteroatoms. The van der Waals surface area contributed by atoms with Gasteiger partial charge in [-0.3, -0.25) is 14.5 Å². The van der Waals surface area contributed by atoms with Crippen molar-refractivity contribution in [3.05, 3.63) is 22.8 Å². The van der Waals surface area contributed by atoms with E-state index in [1.807, 2.05) is 6.07 Å². The highest BCUT2D eigenvalue weighted by atomic mass is 79.9. The highest BCUT2D eigenvalue weighted by Gasteiger charge is 2.35. The van der Waals surface area contributed by atoms with E-state index in [-0.39, 0.29) is 18.2 Å². The van der Waals surface area contributed by atoms with E-state index in [4.69, 9.17) is 0 Å². The molecule has 16 heavy (non-hydrogen) atoms. The monoisotopic (exact) mass is 283 g/mol. The molecule has 0 aromatic carbocycles. The van der Waals surface area contributed by atoms with Crippen LogP contribution < -0.4 is 5.32 Å². The molecule has 1 aliphatic heterocycles. The molecule has 2 amide bonds. The number of rotatable bonds is 2. The summed E-state index contributed by atoms with van der Waals surface area (Å²) in [7, 11) is 1.49. The van der Waals surface area contributed by atoms with Crippen LogP contribution in [0.1, 0.15) is 6.42 Å². The summed E-state index contributed by atoms with van der Waals surface area (Å²) in [6.45, 7) is 0. The summed E-state index contributed by atoms with van der Waals surface area (Å²) in [6.07, 6.45) is 1.82. The number of pyridine rings is 1. The molecular weight excluding hydrogens is 274 g/mol. The van der Waals surface area contributed by atoms with Gasteiger partial charge in [-0.15, -0.1) is 0 Å². The maximum absolute atomic E-state index is 11.6.